The lowest BCUT2D eigenvalue weighted by atomic mass is 10.5. The Hall–Kier alpha value is -0.370. The van der Waals surface area contributed by atoms with E-state index >= 15 is 0 Å². The number of hydrogen-bond donors (Lipinski definition) is 0. The molecule has 0 bridgehead atoms. The van der Waals surface area contributed by atoms with E-state index in [4.69, 9.17) is 11.6 Å². The van der Waals surface area contributed by atoms with Gasteiger partial charge in [0, 0.05) is 0 Å². The molecule has 0 aliphatic carbocycles. The van der Waals surface area contributed by atoms with Gasteiger partial charge in [-0.3, -0.25) is 0 Å². The summed E-state index contributed by atoms with van der Waals surface area (Å²) in [4.78, 5) is 0. The van der Waals surface area contributed by atoms with Crippen LogP contribution in [0.15, 0.2) is 10.2 Å². The first-order valence-corrected chi connectivity index (χ1v) is 2.04. The molecule has 0 atom stereocenters. The summed E-state index contributed by atoms with van der Waals surface area (Å²) in [5, 5.41) is 6.89. The van der Waals surface area contributed by atoms with Gasteiger partial charge in [-0.15, -0.1) is 11.6 Å². The molecule has 0 aromatic heterocycles. The van der Waals surface area contributed by atoms with Crippen LogP contribution in [0, 0.1) is 0 Å². The molecule has 0 saturated heterocycles. The van der Waals surface area contributed by atoms with Crippen molar-refractivity contribution in [3.63, 3.8) is 0 Å². The van der Waals surface area contributed by atoms with E-state index in [0.29, 0.717) is 0 Å². The van der Waals surface area contributed by atoms with Crippen molar-refractivity contribution in [1.82, 2.24) is 0 Å². The van der Waals surface area contributed by atoms with Crippen LogP contribution in [-0.4, -0.2) is 17.8 Å². The molecular formula is C3H3ClN2. The molecule has 3 heteroatoms. The fourth-order valence-electron chi connectivity index (χ4n) is 0.243. The summed E-state index contributed by atoms with van der Waals surface area (Å²) in [5.41, 5.74) is 0. The fraction of sp³-hybridized carbons (Fsp3) is 0.333. The predicted molar refractivity (Wildman–Crippen MR) is 26.6 cm³/mol. The molecular weight excluding hydrogens is 99.5 g/mol. The van der Waals surface area contributed by atoms with Gasteiger partial charge < -0.3 is 0 Å². The predicted octanol–water partition coefficient (Wildman–Crippen LogP) is 0.664. The Kier molecular flexibility index (Phi) is 0.881. The zero-order valence-electron chi connectivity index (χ0n) is 3.00. The summed E-state index contributed by atoms with van der Waals surface area (Å²) in [5.74, 6) is 0. The molecule has 0 aromatic rings. The lowest BCUT2D eigenvalue weighted by Gasteiger charge is -1.75. The maximum absolute atomic E-state index is 5.41. The third-order valence-electron chi connectivity index (χ3n) is 0.485. The van der Waals surface area contributed by atoms with Gasteiger partial charge in [0.15, 0.2) is 0 Å². The van der Waals surface area contributed by atoms with Gasteiger partial charge in [-0.05, 0) is 0 Å². The second kappa shape index (κ2) is 1.39. The molecule has 6 heavy (non-hydrogen) atoms. The minimum absolute atomic E-state index is 0.0648. The first kappa shape index (κ1) is 3.81. The molecule has 2 nitrogen and oxygen atoms in total. The van der Waals surface area contributed by atoms with Crippen molar-refractivity contribution in [2.45, 2.75) is 5.38 Å². The van der Waals surface area contributed by atoms with Crippen LogP contribution >= 0.6 is 11.6 Å². The fourth-order valence-corrected chi connectivity index (χ4v) is 0.344. The average molecular weight is 103 g/mol. The molecule has 0 amide bonds. The summed E-state index contributed by atoms with van der Waals surface area (Å²) < 4.78 is 0. The van der Waals surface area contributed by atoms with Crippen LogP contribution in [0.3, 0.4) is 0 Å². The maximum Gasteiger partial charge on any atom is 0.108 e. The molecule has 0 N–H and O–H groups in total. The zero-order valence-corrected chi connectivity index (χ0v) is 3.76. The van der Waals surface area contributed by atoms with Gasteiger partial charge in [-0.25, -0.2) is 0 Å². The van der Waals surface area contributed by atoms with E-state index in [0.717, 1.165) is 0 Å². The second-order valence-corrected chi connectivity index (χ2v) is 1.48. The quantitative estimate of drug-likeness (QED) is 0.402. The highest BCUT2D eigenvalue weighted by molar-refractivity contribution is 6.37. The van der Waals surface area contributed by atoms with E-state index in [2.05, 4.69) is 10.2 Å². The maximum atomic E-state index is 5.41. The molecule has 1 aliphatic rings. The minimum atomic E-state index is -0.0648. The molecule has 0 radical (unpaired) electrons. The molecule has 0 saturated carbocycles. The van der Waals surface area contributed by atoms with Crippen LogP contribution in [0.1, 0.15) is 0 Å². The molecule has 32 valence electrons. The highest BCUT2D eigenvalue weighted by Crippen LogP contribution is 1.92. The Morgan fingerprint density at radius 2 is 1.83 bits per heavy atom. The Morgan fingerprint density at radius 1 is 1.33 bits per heavy atom. The zero-order chi connectivity index (χ0) is 4.41. The Bertz CT molecular complexity index is 85.0. The largest absolute Gasteiger partial charge is 0.162 e. The molecule has 0 unspecified atom stereocenters. The van der Waals surface area contributed by atoms with E-state index < -0.39 is 0 Å². The summed E-state index contributed by atoms with van der Waals surface area (Å²) >= 11 is 5.41. The van der Waals surface area contributed by atoms with Crippen molar-refractivity contribution in [3.05, 3.63) is 0 Å². The first-order chi connectivity index (χ1) is 2.89. The monoisotopic (exact) mass is 102 g/mol. The normalized spacial score (nSPS) is 20.2. The van der Waals surface area contributed by atoms with E-state index in [1.165, 1.54) is 0 Å². The third-order valence-corrected chi connectivity index (χ3v) is 0.710. The SMILES string of the molecule is ClC1C=NN=C1. The van der Waals surface area contributed by atoms with Gasteiger partial charge in [-0.1, -0.05) is 0 Å². The minimum Gasteiger partial charge on any atom is -0.162 e. The summed E-state index contributed by atoms with van der Waals surface area (Å²) in [7, 11) is 0. The molecule has 0 aromatic carbocycles. The number of rotatable bonds is 0. The van der Waals surface area contributed by atoms with Crippen molar-refractivity contribution in [2.75, 3.05) is 0 Å². The van der Waals surface area contributed by atoms with Gasteiger partial charge in [0.25, 0.3) is 0 Å². The number of halogens is 1. The first-order valence-electron chi connectivity index (χ1n) is 1.60. The lowest BCUT2D eigenvalue weighted by molar-refractivity contribution is 1.29. The van der Waals surface area contributed by atoms with Gasteiger partial charge in [0.1, 0.15) is 5.38 Å². The highest BCUT2D eigenvalue weighted by atomic mass is 35.5. The molecule has 1 rings (SSSR count). The number of hydrogen-bond acceptors (Lipinski definition) is 2. The molecule has 0 spiro atoms. The molecule has 1 heterocycles. The molecule has 0 fully saturated rings. The van der Waals surface area contributed by atoms with Crippen molar-refractivity contribution in [2.24, 2.45) is 10.2 Å². The van der Waals surface area contributed by atoms with Crippen LogP contribution in [0.2, 0.25) is 0 Å². The van der Waals surface area contributed by atoms with E-state index in [-0.39, 0.29) is 5.38 Å². The van der Waals surface area contributed by atoms with Crippen molar-refractivity contribution < 1.29 is 0 Å². The number of alkyl halides is 1. The summed E-state index contributed by atoms with van der Waals surface area (Å²) in [6.07, 6.45) is 3.14. The van der Waals surface area contributed by atoms with E-state index in [1.54, 1.807) is 12.4 Å². The lowest BCUT2D eigenvalue weighted by Crippen LogP contribution is -1.93. The van der Waals surface area contributed by atoms with Crippen molar-refractivity contribution in [3.8, 4) is 0 Å². The Balaban J connectivity index is 2.60. The van der Waals surface area contributed by atoms with Gasteiger partial charge in [0.05, 0.1) is 12.4 Å². The van der Waals surface area contributed by atoms with Crippen molar-refractivity contribution >= 4 is 24.0 Å². The Morgan fingerprint density at radius 3 is 2.00 bits per heavy atom. The van der Waals surface area contributed by atoms with Crippen LogP contribution in [0.25, 0.3) is 0 Å². The summed E-state index contributed by atoms with van der Waals surface area (Å²) in [6, 6.07) is 0. The smallest absolute Gasteiger partial charge is 0.108 e. The van der Waals surface area contributed by atoms with Gasteiger partial charge in [0.2, 0.25) is 0 Å². The van der Waals surface area contributed by atoms with Gasteiger partial charge in [-0.2, -0.15) is 10.2 Å². The van der Waals surface area contributed by atoms with Crippen molar-refractivity contribution in [1.29, 1.82) is 0 Å². The second-order valence-electron chi connectivity index (χ2n) is 0.974. The van der Waals surface area contributed by atoms with Crippen LogP contribution < -0.4 is 0 Å². The van der Waals surface area contributed by atoms with E-state index in [9.17, 15) is 0 Å². The van der Waals surface area contributed by atoms with Crippen LogP contribution in [0.5, 0.6) is 0 Å². The topological polar surface area (TPSA) is 24.7 Å². The standard InChI is InChI=1S/C3H3ClN2/c4-3-1-5-6-2-3/h1-3H. The van der Waals surface area contributed by atoms with Crippen LogP contribution in [0.4, 0.5) is 0 Å². The molecule has 1 aliphatic heterocycles. The average Bonchev–Trinajstić information content (AvgIpc) is 1.86. The summed E-state index contributed by atoms with van der Waals surface area (Å²) in [6.45, 7) is 0. The Labute approximate surface area is 40.5 Å². The van der Waals surface area contributed by atoms with E-state index in [1.807, 2.05) is 0 Å². The highest BCUT2D eigenvalue weighted by Gasteiger charge is 1.96. The van der Waals surface area contributed by atoms with Gasteiger partial charge >= 0.3 is 0 Å². The third kappa shape index (κ3) is 0.571. The number of nitrogens with zero attached hydrogens (tertiary/aromatic N) is 2. The van der Waals surface area contributed by atoms with Crippen LogP contribution in [-0.2, 0) is 0 Å².